The van der Waals surface area contributed by atoms with Crippen LogP contribution in [-0.4, -0.2) is 53.9 Å². The van der Waals surface area contributed by atoms with Crippen LogP contribution >= 0.6 is 27.5 Å². The van der Waals surface area contributed by atoms with E-state index in [1.54, 1.807) is 17.0 Å². The van der Waals surface area contributed by atoms with E-state index < -0.39 is 17.8 Å². The molecule has 2 atom stereocenters. The van der Waals surface area contributed by atoms with E-state index >= 15 is 0 Å². The van der Waals surface area contributed by atoms with Gasteiger partial charge in [0.15, 0.2) is 6.29 Å². The van der Waals surface area contributed by atoms with Gasteiger partial charge in [-0.3, -0.25) is 9.69 Å². The van der Waals surface area contributed by atoms with Crippen LogP contribution in [0.25, 0.3) is 0 Å². The Balaban J connectivity index is 1.68. The van der Waals surface area contributed by atoms with Crippen LogP contribution in [0.4, 0.5) is 29.3 Å². The minimum atomic E-state index is -4.65. The van der Waals surface area contributed by atoms with E-state index in [2.05, 4.69) is 20.9 Å². The van der Waals surface area contributed by atoms with Crippen LogP contribution in [0.2, 0.25) is 5.02 Å². The van der Waals surface area contributed by atoms with Gasteiger partial charge >= 0.3 is 12.2 Å². The molecule has 0 radical (unpaired) electrons. The fourth-order valence-electron chi connectivity index (χ4n) is 4.37. The van der Waals surface area contributed by atoms with Gasteiger partial charge in [-0.1, -0.05) is 18.5 Å². The number of aldehydes is 1. The minimum Gasteiger partial charge on any atom is -0.363 e. The third kappa shape index (κ3) is 4.05. The van der Waals surface area contributed by atoms with Crippen LogP contribution in [0, 0.1) is 0 Å². The second-order valence-electron chi connectivity index (χ2n) is 7.73. The van der Waals surface area contributed by atoms with Crippen LogP contribution in [-0.2, 0) is 6.18 Å². The van der Waals surface area contributed by atoms with Crippen molar-refractivity contribution in [2.45, 2.75) is 31.6 Å². The number of rotatable bonds is 4. The molecule has 2 amide bonds. The summed E-state index contributed by atoms with van der Waals surface area (Å²) in [4.78, 5) is 33.8. The van der Waals surface area contributed by atoms with Gasteiger partial charge in [-0.25, -0.2) is 9.78 Å². The Bertz CT molecular complexity index is 1070. The zero-order chi connectivity index (χ0) is 23.2. The number of anilines is 2. The lowest BCUT2D eigenvalue weighted by Crippen LogP contribution is -2.57. The van der Waals surface area contributed by atoms with Crippen LogP contribution < -0.4 is 9.80 Å². The molecule has 0 unspecified atom stereocenters. The summed E-state index contributed by atoms with van der Waals surface area (Å²) in [6.07, 6.45) is -3.29. The number of urea groups is 1. The molecular formula is C21H19BrClF3N4O2. The molecule has 1 aromatic carbocycles. The van der Waals surface area contributed by atoms with E-state index in [4.69, 9.17) is 11.6 Å². The first-order chi connectivity index (χ1) is 15.1. The van der Waals surface area contributed by atoms with Gasteiger partial charge in [0.2, 0.25) is 0 Å². The fourth-order valence-corrected chi connectivity index (χ4v) is 4.87. The number of nitrogens with zero attached hydrogens (tertiary/aromatic N) is 4. The number of carbonyl (C=O) groups excluding carboxylic acids is 2. The first-order valence-corrected chi connectivity index (χ1v) is 11.1. The predicted octanol–water partition coefficient (Wildman–Crippen LogP) is 5.24. The summed E-state index contributed by atoms with van der Waals surface area (Å²) in [5.41, 5.74) is -0.241. The molecule has 3 heterocycles. The van der Waals surface area contributed by atoms with Crippen molar-refractivity contribution in [3.8, 4) is 0 Å². The molecule has 170 valence electrons. The Morgan fingerprint density at radius 3 is 2.53 bits per heavy atom. The van der Waals surface area contributed by atoms with Crippen molar-refractivity contribution in [2.75, 3.05) is 29.4 Å². The Hall–Kier alpha value is -2.33. The maximum Gasteiger partial charge on any atom is 0.418 e. The van der Waals surface area contributed by atoms with Crippen molar-refractivity contribution >= 4 is 51.2 Å². The number of aromatic nitrogens is 1. The van der Waals surface area contributed by atoms with Crippen molar-refractivity contribution in [3.63, 3.8) is 0 Å². The average Bonchev–Trinajstić information content (AvgIpc) is 3.07. The largest absolute Gasteiger partial charge is 0.418 e. The quantitative estimate of drug-likeness (QED) is 0.400. The number of hydrogen-bond acceptors (Lipinski definition) is 4. The number of carbonyl (C=O) groups is 2. The van der Waals surface area contributed by atoms with Crippen LogP contribution in [0.1, 0.15) is 29.4 Å². The van der Waals surface area contributed by atoms with Crippen molar-refractivity contribution in [1.82, 2.24) is 9.88 Å². The molecule has 2 aliphatic heterocycles. The maximum atomic E-state index is 13.6. The number of fused-ring (bicyclic) bond motifs is 1. The first kappa shape index (κ1) is 22.8. The van der Waals surface area contributed by atoms with Crippen LogP contribution in [0.15, 0.2) is 34.9 Å². The third-order valence-corrected chi connectivity index (χ3v) is 6.56. The van der Waals surface area contributed by atoms with Gasteiger partial charge in [0.1, 0.15) is 10.3 Å². The number of benzene rings is 1. The molecule has 32 heavy (non-hydrogen) atoms. The predicted molar refractivity (Wildman–Crippen MR) is 118 cm³/mol. The van der Waals surface area contributed by atoms with Crippen molar-refractivity contribution < 1.29 is 22.8 Å². The van der Waals surface area contributed by atoms with Crippen molar-refractivity contribution in [2.24, 2.45) is 0 Å². The lowest BCUT2D eigenvalue weighted by atomic mass is 10.0. The van der Waals surface area contributed by atoms with Gasteiger partial charge in [0.25, 0.3) is 0 Å². The van der Waals surface area contributed by atoms with E-state index in [1.165, 1.54) is 17.0 Å². The molecule has 0 spiro atoms. The summed E-state index contributed by atoms with van der Waals surface area (Å²) in [6.45, 7) is 2.76. The molecule has 0 bridgehead atoms. The fraction of sp³-hybridized carbons (Fsp3) is 0.381. The van der Waals surface area contributed by atoms with Crippen molar-refractivity contribution in [3.05, 3.63) is 51.2 Å². The SMILES string of the molecule is CC[C@@H]1CN2C(=O)N(c3ccc(Cl)cc3C(F)(F)F)C[C@@H]2CN1c1ccc(Br)nc1C=O. The van der Waals surface area contributed by atoms with Gasteiger partial charge in [-0.15, -0.1) is 0 Å². The molecule has 0 N–H and O–H groups in total. The molecule has 6 nitrogen and oxygen atoms in total. The highest BCUT2D eigenvalue weighted by Gasteiger charge is 2.46. The number of alkyl halides is 3. The Morgan fingerprint density at radius 1 is 1.16 bits per heavy atom. The molecular weight excluding hydrogens is 513 g/mol. The van der Waals surface area contributed by atoms with E-state index in [9.17, 15) is 22.8 Å². The molecule has 2 saturated heterocycles. The lowest BCUT2D eigenvalue weighted by molar-refractivity contribution is -0.137. The number of halogens is 5. The highest BCUT2D eigenvalue weighted by Crippen LogP contribution is 2.41. The minimum absolute atomic E-state index is 0.0493. The summed E-state index contributed by atoms with van der Waals surface area (Å²) < 4.78 is 41.4. The lowest BCUT2D eigenvalue weighted by Gasteiger charge is -2.44. The smallest absolute Gasteiger partial charge is 0.363 e. The zero-order valence-electron chi connectivity index (χ0n) is 16.9. The van der Waals surface area contributed by atoms with Crippen LogP contribution in [0.5, 0.6) is 0 Å². The standard InChI is InChI=1S/C21H19BrClF3N4O2/c1-2-13-8-29-14(9-28(13)18-5-6-19(22)27-16(18)11-31)10-30(20(29)32)17-4-3-12(23)7-15(17)21(24,25)26/h3-7,11,13-14H,2,8-10H2,1H3/t13-,14+/m1/s1. The topological polar surface area (TPSA) is 56.8 Å². The van der Waals surface area contributed by atoms with Gasteiger partial charge in [0.05, 0.1) is 23.0 Å². The molecule has 0 aliphatic carbocycles. The molecule has 0 saturated carbocycles. The number of pyridine rings is 1. The van der Waals surface area contributed by atoms with Gasteiger partial charge in [-0.05, 0) is 52.7 Å². The summed E-state index contributed by atoms with van der Waals surface area (Å²) in [5.74, 6) is 0. The van der Waals surface area contributed by atoms with E-state index in [0.29, 0.717) is 36.1 Å². The van der Waals surface area contributed by atoms with Gasteiger partial charge in [-0.2, -0.15) is 13.2 Å². The number of piperazine rings is 1. The summed E-state index contributed by atoms with van der Waals surface area (Å²) in [5, 5.41) is -0.0493. The molecule has 1 aromatic heterocycles. The molecule has 11 heteroatoms. The summed E-state index contributed by atoms with van der Waals surface area (Å²) in [7, 11) is 0. The Morgan fingerprint density at radius 2 is 1.88 bits per heavy atom. The Labute approximate surface area is 196 Å². The van der Waals surface area contributed by atoms with E-state index in [-0.39, 0.29) is 35.0 Å². The van der Waals surface area contributed by atoms with E-state index in [1.807, 2.05) is 11.8 Å². The molecule has 2 aromatic rings. The Kier molecular flexibility index (Phi) is 6.10. The number of amides is 2. The monoisotopic (exact) mass is 530 g/mol. The van der Waals surface area contributed by atoms with Crippen LogP contribution in [0.3, 0.4) is 0 Å². The van der Waals surface area contributed by atoms with Gasteiger partial charge < -0.3 is 9.80 Å². The highest BCUT2D eigenvalue weighted by atomic mass is 79.9. The first-order valence-electron chi connectivity index (χ1n) is 9.97. The van der Waals surface area contributed by atoms with Crippen molar-refractivity contribution in [1.29, 1.82) is 0 Å². The maximum absolute atomic E-state index is 13.6. The third-order valence-electron chi connectivity index (χ3n) is 5.88. The zero-order valence-corrected chi connectivity index (χ0v) is 19.3. The molecule has 2 aliphatic rings. The van der Waals surface area contributed by atoms with Gasteiger partial charge in [0, 0.05) is 30.7 Å². The average molecular weight is 532 g/mol. The highest BCUT2D eigenvalue weighted by molar-refractivity contribution is 9.10. The summed E-state index contributed by atoms with van der Waals surface area (Å²) in [6, 6.07) is 6.03. The summed E-state index contributed by atoms with van der Waals surface area (Å²) >= 11 is 9.05. The molecule has 4 rings (SSSR count). The second-order valence-corrected chi connectivity index (χ2v) is 8.98. The second kappa shape index (κ2) is 8.55. The molecule has 2 fully saturated rings. The normalized spacial score (nSPS) is 21.2. The number of hydrogen-bond donors (Lipinski definition) is 0. The van der Waals surface area contributed by atoms with E-state index in [0.717, 1.165) is 6.07 Å².